The molecule has 2 aromatic carbocycles. The van der Waals surface area contributed by atoms with Gasteiger partial charge in [0.05, 0.1) is 7.11 Å². The lowest BCUT2D eigenvalue weighted by atomic mass is 10.0. The molecule has 3 rings (SSSR count). The van der Waals surface area contributed by atoms with Gasteiger partial charge in [0.15, 0.2) is 0 Å². The minimum atomic E-state index is 0.0672. The Morgan fingerprint density at radius 2 is 1.83 bits per heavy atom. The highest BCUT2D eigenvalue weighted by molar-refractivity contribution is 5.77. The van der Waals surface area contributed by atoms with E-state index in [0.717, 1.165) is 36.3 Å². The van der Waals surface area contributed by atoms with Crippen molar-refractivity contribution in [1.82, 2.24) is 10.2 Å². The molecule has 0 saturated carbocycles. The Hall–Kier alpha value is -2.82. The predicted molar refractivity (Wildman–Crippen MR) is 114 cm³/mol. The van der Waals surface area contributed by atoms with Crippen molar-refractivity contribution >= 4 is 11.8 Å². The first kappa shape index (κ1) is 20.9. The van der Waals surface area contributed by atoms with Crippen molar-refractivity contribution in [3.63, 3.8) is 0 Å². The molecule has 1 fully saturated rings. The van der Waals surface area contributed by atoms with Gasteiger partial charge in [0.1, 0.15) is 5.75 Å². The van der Waals surface area contributed by atoms with Crippen molar-refractivity contribution in [2.45, 2.75) is 38.6 Å². The number of carbonyl (C=O) groups is 2. The Morgan fingerprint density at radius 1 is 1.07 bits per heavy atom. The lowest BCUT2D eigenvalue weighted by Crippen LogP contribution is -2.31. The molecule has 0 aliphatic carbocycles. The van der Waals surface area contributed by atoms with Crippen LogP contribution in [0.15, 0.2) is 54.6 Å². The van der Waals surface area contributed by atoms with Crippen LogP contribution >= 0.6 is 0 Å². The molecular weight excluding hydrogens is 364 g/mol. The van der Waals surface area contributed by atoms with Gasteiger partial charge in [0.2, 0.25) is 11.8 Å². The number of hydrogen-bond acceptors (Lipinski definition) is 3. The van der Waals surface area contributed by atoms with Crippen LogP contribution in [0.5, 0.6) is 5.75 Å². The molecule has 1 aliphatic rings. The van der Waals surface area contributed by atoms with Gasteiger partial charge in [-0.2, -0.15) is 0 Å². The SMILES string of the molecule is COc1ccc(CCC(=O)NCC2CCC(=O)N(Cc3ccccc3)CC2)cc1. The largest absolute Gasteiger partial charge is 0.497 e. The molecule has 0 spiro atoms. The zero-order chi connectivity index (χ0) is 20.5. The van der Waals surface area contributed by atoms with Gasteiger partial charge in [-0.3, -0.25) is 9.59 Å². The second-order valence-corrected chi connectivity index (χ2v) is 7.65. The first-order valence-electron chi connectivity index (χ1n) is 10.4. The number of aryl methyl sites for hydroxylation is 1. The number of methoxy groups -OCH3 is 1. The van der Waals surface area contributed by atoms with E-state index in [4.69, 9.17) is 4.74 Å². The van der Waals surface area contributed by atoms with Crippen LogP contribution in [0.4, 0.5) is 0 Å². The van der Waals surface area contributed by atoms with Crippen LogP contribution in [0.2, 0.25) is 0 Å². The third-order valence-electron chi connectivity index (χ3n) is 5.53. The first-order chi connectivity index (χ1) is 14.1. The van der Waals surface area contributed by atoms with Crippen molar-refractivity contribution in [2.24, 2.45) is 5.92 Å². The van der Waals surface area contributed by atoms with E-state index in [-0.39, 0.29) is 11.8 Å². The number of ether oxygens (including phenoxy) is 1. The average molecular weight is 395 g/mol. The van der Waals surface area contributed by atoms with Gasteiger partial charge in [-0.1, -0.05) is 42.5 Å². The van der Waals surface area contributed by atoms with Gasteiger partial charge in [-0.05, 0) is 48.4 Å². The molecule has 1 saturated heterocycles. The van der Waals surface area contributed by atoms with E-state index < -0.39 is 0 Å². The fourth-order valence-corrected chi connectivity index (χ4v) is 3.66. The summed E-state index contributed by atoms with van der Waals surface area (Å²) in [5.41, 5.74) is 2.28. The van der Waals surface area contributed by atoms with Crippen LogP contribution in [0, 0.1) is 5.92 Å². The maximum absolute atomic E-state index is 12.4. The van der Waals surface area contributed by atoms with Crippen molar-refractivity contribution in [2.75, 3.05) is 20.2 Å². The van der Waals surface area contributed by atoms with Gasteiger partial charge in [-0.25, -0.2) is 0 Å². The molecule has 29 heavy (non-hydrogen) atoms. The van der Waals surface area contributed by atoms with Crippen LogP contribution in [0.3, 0.4) is 0 Å². The maximum Gasteiger partial charge on any atom is 0.222 e. The van der Waals surface area contributed by atoms with Crippen LogP contribution in [0.25, 0.3) is 0 Å². The lowest BCUT2D eigenvalue weighted by molar-refractivity contribution is -0.131. The molecule has 0 radical (unpaired) electrons. The highest BCUT2D eigenvalue weighted by Crippen LogP contribution is 2.20. The Morgan fingerprint density at radius 3 is 2.55 bits per heavy atom. The molecule has 154 valence electrons. The minimum absolute atomic E-state index is 0.0672. The number of amides is 2. The maximum atomic E-state index is 12.4. The molecule has 2 aromatic rings. The summed E-state index contributed by atoms with van der Waals surface area (Å²) in [6.45, 7) is 2.06. The first-order valence-corrected chi connectivity index (χ1v) is 10.4. The highest BCUT2D eigenvalue weighted by atomic mass is 16.5. The summed E-state index contributed by atoms with van der Waals surface area (Å²) in [6.07, 6.45) is 3.50. The Labute approximate surface area is 173 Å². The molecular formula is C24H30N2O3. The number of nitrogens with one attached hydrogen (secondary N) is 1. The summed E-state index contributed by atoms with van der Waals surface area (Å²) < 4.78 is 5.15. The van der Waals surface area contributed by atoms with Gasteiger partial charge in [-0.15, -0.1) is 0 Å². The predicted octanol–water partition coefficient (Wildman–Crippen LogP) is 3.57. The standard InChI is InChI=1S/C24H30N2O3/c1-29-22-11-7-19(8-12-22)9-13-23(27)25-17-20-10-14-24(28)26(16-15-20)18-21-5-3-2-4-6-21/h2-8,11-12,20H,9-10,13-18H2,1H3,(H,25,27). The molecule has 1 N–H and O–H groups in total. The third kappa shape index (κ3) is 6.63. The summed E-state index contributed by atoms with van der Waals surface area (Å²) in [5, 5.41) is 3.06. The third-order valence-corrected chi connectivity index (χ3v) is 5.53. The molecule has 0 bridgehead atoms. The molecule has 1 aliphatic heterocycles. The topological polar surface area (TPSA) is 58.6 Å². The van der Waals surface area contributed by atoms with Crippen LogP contribution in [-0.4, -0.2) is 36.9 Å². The van der Waals surface area contributed by atoms with Gasteiger partial charge in [0.25, 0.3) is 0 Å². The summed E-state index contributed by atoms with van der Waals surface area (Å²) >= 11 is 0. The average Bonchev–Trinajstić information content (AvgIpc) is 2.93. The molecule has 2 amide bonds. The quantitative estimate of drug-likeness (QED) is 0.745. The Kier molecular flexibility index (Phi) is 7.68. The van der Waals surface area contributed by atoms with Gasteiger partial charge in [0, 0.05) is 32.5 Å². The summed E-state index contributed by atoms with van der Waals surface area (Å²) in [4.78, 5) is 26.6. The van der Waals surface area contributed by atoms with E-state index >= 15 is 0 Å². The van der Waals surface area contributed by atoms with E-state index in [2.05, 4.69) is 17.4 Å². The van der Waals surface area contributed by atoms with Crippen molar-refractivity contribution in [1.29, 1.82) is 0 Å². The molecule has 1 atom stereocenters. The van der Waals surface area contributed by atoms with Gasteiger partial charge >= 0.3 is 0 Å². The molecule has 0 aromatic heterocycles. The smallest absolute Gasteiger partial charge is 0.222 e. The zero-order valence-electron chi connectivity index (χ0n) is 17.1. The number of carbonyl (C=O) groups excluding carboxylic acids is 2. The summed E-state index contributed by atoms with van der Waals surface area (Å²) in [5.74, 6) is 1.45. The van der Waals surface area contributed by atoms with E-state index in [9.17, 15) is 9.59 Å². The summed E-state index contributed by atoms with van der Waals surface area (Å²) in [6, 6.07) is 17.9. The van der Waals surface area contributed by atoms with E-state index in [1.807, 2.05) is 47.4 Å². The van der Waals surface area contributed by atoms with Crippen molar-refractivity contribution < 1.29 is 14.3 Å². The van der Waals surface area contributed by atoms with E-state index in [0.29, 0.717) is 38.3 Å². The Bertz CT molecular complexity index is 790. The van der Waals surface area contributed by atoms with E-state index in [1.165, 1.54) is 0 Å². The fraction of sp³-hybridized carbons (Fsp3) is 0.417. The summed E-state index contributed by atoms with van der Waals surface area (Å²) in [7, 11) is 1.64. The zero-order valence-corrected chi connectivity index (χ0v) is 17.1. The minimum Gasteiger partial charge on any atom is -0.497 e. The van der Waals surface area contributed by atoms with Crippen LogP contribution < -0.4 is 10.1 Å². The number of benzene rings is 2. The molecule has 1 heterocycles. The van der Waals surface area contributed by atoms with E-state index in [1.54, 1.807) is 7.11 Å². The number of hydrogen-bond donors (Lipinski definition) is 1. The number of likely N-dealkylation sites (tertiary alicyclic amines) is 1. The normalized spacial score (nSPS) is 16.9. The van der Waals surface area contributed by atoms with Crippen molar-refractivity contribution in [3.8, 4) is 5.75 Å². The fourth-order valence-electron chi connectivity index (χ4n) is 3.66. The number of rotatable bonds is 8. The molecule has 5 nitrogen and oxygen atoms in total. The highest BCUT2D eigenvalue weighted by Gasteiger charge is 2.22. The molecule has 5 heteroatoms. The lowest BCUT2D eigenvalue weighted by Gasteiger charge is -2.21. The van der Waals surface area contributed by atoms with Crippen molar-refractivity contribution in [3.05, 3.63) is 65.7 Å². The molecule has 1 unspecified atom stereocenters. The second kappa shape index (κ2) is 10.6. The Balaban J connectivity index is 1.40. The van der Waals surface area contributed by atoms with Crippen LogP contribution in [-0.2, 0) is 22.6 Å². The number of nitrogens with zero attached hydrogens (tertiary/aromatic N) is 1. The second-order valence-electron chi connectivity index (χ2n) is 7.65. The van der Waals surface area contributed by atoms with Crippen LogP contribution in [0.1, 0.15) is 36.8 Å². The monoisotopic (exact) mass is 394 g/mol. The van der Waals surface area contributed by atoms with Gasteiger partial charge < -0.3 is 15.0 Å².